The molecule has 0 radical (unpaired) electrons. The highest BCUT2D eigenvalue weighted by Gasteiger charge is 2.15. The van der Waals surface area contributed by atoms with Gasteiger partial charge in [0.25, 0.3) is 0 Å². The van der Waals surface area contributed by atoms with E-state index in [0.717, 1.165) is 42.7 Å². The molecule has 0 rings (SSSR count). The molecule has 0 aromatic heterocycles. The molecule has 0 heterocycles. The molecule has 0 bridgehead atoms. The van der Waals surface area contributed by atoms with Gasteiger partial charge in [-0.15, -0.1) is 0 Å². The Balaban J connectivity index is 3.73. The van der Waals surface area contributed by atoms with E-state index in [2.05, 4.69) is 34.6 Å². The molecule has 0 aliphatic rings. The van der Waals surface area contributed by atoms with E-state index in [0.29, 0.717) is 0 Å². The van der Waals surface area contributed by atoms with Crippen molar-refractivity contribution in [1.29, 1.82) is 5.41 Å². The van der Waals surface area contributed by atoms with E-state index in [9.17, 15) is 0 Å². The van der Waals surface area contributed by atoms with Crippen LogP contribution in [-0.4, -0.2) is 5.71 Å². The fourth-order valence-electron chi connectivity index (χ4n) is 1.75. The number of nitrogens with one attached hydrogen (secondary N) is 1. The minimum Gasteiger partial charge on any atom is -0.310 e. The van der Waals surface area contributed by atoms with Crippen LogP contribution >= 0.6 is 0 Å². The smallest absolute Gasteiger partial charge is 0.00891 e. The van der Waals surface area contributed by atoms with Crippen molar-refractivity contribution in [2.75, 3.05) is 0 Å². The second-order valence-electron chi connectivity index (χ2n) is 4.97. The Bertz CT molecular complexity index is 161. The van der Waals surface area contributed by atoms with Crippen LogP contribution in [0.1, 0.15) is 60.3 Å². The van der Waals surface area contributed by atoms with Gasteiger partial charge in [-0.05, 0) is 37.0 Å². The lowest BCUT2D eigenvalue weighted by Gasteiger charge is -2.23. The van der Waals surface area contributed by atoms with Crippen LogP contribution in [0.25, 0.3) is 0 Å². The zero-order chi connectivity index (χ0) is 11.1. The largest absolute Gasteiger partial charge is 0.310 e. The highest BCUT2D eigenvalue weighted by molar-refractivity contribution is 5.81. The van der Waals surface area contributed by atoms with E-state index >= 15 is 0 Å². The lowest BCUT2D eigenvalue weighted by atomic mass is 9.83. The highest BCUT2D eigenvalue weighted by atomic mass is 14.4. The van der Waals surface area contributed by atoms with E-state index in [1.165, 1.54) is 6.42 Å². The van der Waals surface area contributed by atoms with Gasteiger partial charge in [0, 0.05) is 5.71 Å². The van der Waals surface area contributed by atoms with Gasteiger partial charge < -0.3 is 5.41 Å². The zero-order valence-electron chi connectivity index (χ0n) is 10.6. The zero-order valence-corrected chi connectivity index (χ0v) is 10.6. The Kier molecular flexibility index (Phi) is 6.86. The Labute approximate surface area is 89.8 Å². The van der Waals surface area contributed by atoms with Crippen LogP contribution < -0.4 is 0 Å². The van der Waals surface area contributed by atoms with Gasteiger partial charge in [-0.2, -0.15) is 0 Å². The van der Waals surface area contributed by atoms with Crippen LogP contribution in [0.3, 0.4) is 0 Å². The molecule has 84 valence electrons. The van der Waals surface area contributed by atoms with Crippen molar-refractivity contribution in [1.82, 2.24) is 0 Å². The quantitative estimate of drug-likeness (QED) is 0.580. The first-order valence-corrected chi connectivity index (χ1v) is 6.05. The molecule has 0 aliphatic carbocycles. The Morgan fingerprint density at radius 3 is 2.07 bits per heavy atom. The summed E-state index contributed by atoms with van der Waals surface area (Å²) < 4.78 is 0. The minimum atomic E-state index is 0.757. The SMILES string of the molecule is CCCC(=N)CCC(C)C(C)C(C)C. The maximum Gasteiger partial charge on any atom is 0.00891 e. The summed E-state index contributed by atoms with van der Waals surface area (Å²) in [4.78, 5) is 0. The topological polar surface area (TPSA) is 23.9 Å². The fourth-order valence-corrected chi connectivity index (χ4v) is 1.75. The summed E-state index contributed by atoms with van der Waals surface area (Å²) in [5.41, 5.74) is 0.940. The number of rotatable bonds is 7. The molecule has 1 heteroatoms. The summed E-state index contributed by atoms with van der Waals surface area (Å²) in [5, 5.41) is 7.73. The lowest BCUT2D eigenvalue weighted by Crippen LogP contribution is -2.15. The van der Waals surface area contributed by atoms with Crippen LogP contribution in [0.4, 0.5) is 0 Å². The van der Waals surface area contributed by atoms with Crippen LogP contribution in [-0.2, 0) is 0 Å². The van der Waals surface area contributed by atoms with Crippen molar-refractivity contribution >= 4 is 5.71 Å². The van der Waals surface area contributed by atoms with E-state index in [-0.39, 0.29) is 0 Å². The van der Waals surface area contributed by atoms with Crippen molar-refractivity contribution in [2.24, 2.45) is 17.8 Å². The molecular formula is C13H27N. The first-order chi connectivity index (χ1) is 6.49. The monoisotopic (exact) mass is 197 g/mol. The molecule has 0 aliphatic heterocycles. The van der Waals surface area contributed by atoms with Gasteiger partial charge >= 0.3 is 0 Å². The van der Waals surface area contributed by atoms with Gasteiger partial charge in [0.2, 0.25) is 0 Å². The molecule has 1 nitrogen and oxygen atoms in total. The molecule has 0 aromatic rings. The molecule has 0 saturated carbocycles. The average molecular weight is 197 g/mol. The number of hydrogen-bond donors (Lipinski definition) is 1. The van der Waals surface area contributed by atoms with E-state index in [4.69, 9.17) is 5.41 Å². The summed E-state index contributed by atoms with van der Waals surface area (Å²) in [6.07, 6.45) is 4.31. The summed E-state index contributed by atoms with van der Waals surface area (Å²) in [7, 11) is 0. The van der Waals surface area contributed by atoms with Crippen molar-refractivity contribution in [3.05, 3.63) is 0 Å². The third kappa shape index (κ3) is 5.41. The van der Waals surface area contributed by atoms with Crippen molar-refractivity contribution in [3.63, 3.8) is 0 Å². The van der Waals surface area contributed by atoms with Gasteiger partial charge in [-0.25, -0.2) is 0 Å². The van der Waals surface area contributed by atoms with Gasteiger partial charge in [0.1, 0.15) is 0 Å². The average Bonchev–Trinajstić information content (AvgIpc) is 2.13. The fraction of sp³-hybridized carbons (Fsp3) is 0.923. The van der Waals surface area contributed by atoms with E-state index < -0.39 is 0 Å². The van der Waals surface area contributed by atoms with Crippen LogP contribution in [0.5, 0.6) is 0 Å². The van der Waals surface area contributed by atoms with E-state index in [1.54, 1.807) is 0 Å². The Morgan fingerprint density at radius 2 is 1.64 bits per heavy atom. The second-order valence-corrected chi connectivity index (χ2v) is 4.97. The van der Waals surface area contributed by atoms with Crippen molar-refractivity contribution < 1.29 is 0 Å². The van der Waals surface area contributed by atoms with Gasteiger partial charge in [0.05, 0.1) is 0 Å². The summed E-state index contributed by atoms with van der Waals surface area (Å²) in [5.74, 6) is 2.31. The minimum absolute atomic E-state index is 0.757. The summed E-state index contributed by atoms with van der Waals surface area (Å²) >= 11 is 0. The van der Waals surface area contributed by atoms with Gasteiger partial charge in [0.15, 0.2) is 0 Å². The maximum atomic E-state index is 7.73. The van der Waals surface area contributed by atoms with Crippen LogP contribution in [0, 0.1) is 23.2 Å². The molecule has 0 fully saturated rings. The molecule has 0 spiro atoms. The summed E-state index contributed by atoms with van der Waals surface area (Å²) in [6.45, 7) is 11.4. The molecule has 0 aromatic carbocycles. The maximum absolute atomic E-state index is 7.73. The molecular weight excluding hydrogens is 170 g/mol. The molecule has 0 amide bonds. The van der Waals surface area contributed by atoms with Crippen molar-refractivity contribution in [2.45, 2.75) is 60.3 Å². The lowest BCUT2D eigenvalue weighted by molar-refractivity contribution is 0.285. The first-order valence-electron chi connectivity index (χ1n) is 6.05. The first kappa shape index (κ1) is 13.7. The standard InChI is InChI=1S/C13H27N/c1-6-7-13(14)9-8-11(4)12(5)10(2)3/h10-12,14H,6-9H2,1-5H3. The summed E-state index contributed by atoms with van der Waals surface area (Å²) in [6, 6.07) is 0. The normalized spacial score (nSPS) is 15.6. The second kappa shape index (κ2) is 7.03. The van der Waals surface area contributed by atoms with Gasteiger partial charge in [-0.1, -0.05) is 41.0 Å². The predicted molar refractivity (Wildman–Crippen MR) is 65.0 cm³/mol. The van der Waals surface area contributed by atoms with Crippen LogP contribution in [0.15, 0.2) is 0 Å². The molecule has 2 unspecified atom stereocenters. The third-order valence-electron chi connectivity index (χ3n) is 3.40. The third-order valence-corrected chi connectivity index (χ3v) is 3.40. The van der Waals surface area contributed by atoms with E-state index in [1.807, 2.05) is 0 Å². The molecule has 2 atom stereocenters. The highest BCUT2D eigenvalue weighted by Crippen LogP contribution is 2.24. The molecule has 1 N–H and O–H groups in total. The van der Waals surface area contributed by atoms with Crippen molar-refractivity contribution in [3.8, 4) is 0 Å². The van der Waals surface area contributed by atoms with Crippen LogP contribution in [0.2, 0.25) is 0 Å². The Morgan fingerprint density at radius 1 is 1.07 bits per heavy atom. The van der Waals surface area contributed by atoms with Gasteiger partial charge in [-0.3, -0.25) is 0 Å². The Hall–Kier alpha value is -0.330. The number of hydrogen-bond acceptors (Lipinski definition) is 1. The predicted octanol–water partition coefficient (Wildman–Crippen LogP) is 4.51. The molecule has 0 saturated heterocycles. The molecule has 14 heavy (non-hydrogen) atoms.